The van der Waals surface area contributed by atoms with Crippen LogP contribution in [-0.2, 0) is 29.1 Å². The van der Waals surface area contributed by atoms with Gasteiger partial charge in [0.1, 0.15) is 4.83 Å². The first-order chi connectivity index (χ1) is 16.5. The van der Waals surface area contributed by atoms with Crippen molar-refractivity contribution in [1.82, 2.24) is 19.8 Å². The summed E-state index contributed by atoms with van der Waals surface area (Å²) in [6, 6.07) is 10.1. The van der Waals surface area contributed by atoms with Crippen molar-refractivity contribution in [2.24, 2.45) is 0 Å². The highest BCUT2D eigenvalue weighted by atomic mass is 32.2. The number of benzene rings is 1. The van der Waals surface area contributed by atoms with Crippen LogP contribution in [0.25, 0.3) is 10.2 Å². The Morgan fingerprint density at radius 3 is 2.71 bits per heavy atom. The van der Waals surface area contributed by atoms with Crippen LogP contribution in [-0.4, -0.2) is 44.6 Å². The first-order valence-corrected chi connectivity index (χ1v) is 13.6. The predicted octanol–water partition coefficient (Wildman–Crippen LogP) is 3.56. The molecule has 1 N–H and O–H groups in total. The van der Waals surface area contributed by atoms with Crippen LogP contribution in [0.3, 0.4) is 0 Å². The van der Waals surface area contributed by atoms with Crippen molar-refractivity contribution in [3.05, 3.63) is 56.7 Å². The Balaban J connectivity index is 1.48. The summed E-state index contributed by atoms with van der Waals surface area (Å²) in [5, 5.41) is 4.34. The standard InChI is InChI=1S/C25H28N4O3S2/c1-16(30)28-12-11-19-20(14-28)34-23-22(19)24(32)29(13-17-7-3-2-4-8-17)25(27-23)33-15-21(31)26-18-9-5-6-10-18/h2-4,7-8,18H,5-6,9-15H2,1H3,(H,26,31). The van der Waals surface area contributed by atoms with Gasteiger partial charge in [0.25, 0.3) is 5.56 Å². The van der Waals surface area contributed by atoms with Gasteiger partial charge in [0.15, 0.2) is 5.16 Å². The lowest BCUT2D eigenvalue weighted by Gasteiger charge is -2.25. The van der Waals surface area contributed by atoms with Gasteiger partial charge >= 0.3 is 0 Å². The second kappa shape index (κ2) is 9.92. The van der Waals surface area contributed by atoms with E-state index in [0.29, 0.717) is 41.4 Å². The lowest BCUT2D eigenvalue weighted by atomic mass is 10.1. The van der Waals surface area contributed by atoms with Crippen molar-refractivity contribution in [2.45, 2.75) is 63.3 Å². The first-order valence-electron chi connectivity index (χ1n) is 11.8. The van der Waals surface area contributed by atoms with Gasteiger partial charge < -0.3 is 10.2 Å². The monoisotopic (exact) mass is 496 g/mol. The van der Waals surface area contributed by atoms with Crippen LogP contribution in [0.4, 0.5) is 0 Å². The van der Waals surface area contributed by atoms with Gasteiger partial charge in [-0.3, -0.25) is 19.0 Å². The van der Waals surface area contributed by atoms with Gasteiger partial charge in [-0.25, -0.2) is 4.98 Å². The number of fused-ring (bicyclic) bond motifs is 3. The van der Waals surface area contributed by atoms with E-state index < -0.39 is 0 Å². The zero-order chi connectivity index (χ0) is 23.7. The lowest BCUT2D eigenvalue weighted by Crippen LogP contribution is -2.34. The fourth-order valence-electron chi connectivity index (χ4n) is 4.81. The number of amides is 2. The van der Waals surface area contributed by atoms with Gasteiger partial charge in [-0.05, 0) is 30.4 Å². The molecule has 178 valence electrons. The van der Waals surface area contributed by atoms with E-state index in [0.717, 1.165) is 41.7 Å². The Labute approximate surface area is 206 Å². The SMILES string of the molecule is CC(=O)N1CCc2c(sc3nc(SCC(=O)NC4CCCC4)n(Cc4ccccc4)c(=O)c23)C1. The average molecular weight is 497 g/mol. The minimum atomic E-state index is -0.0682. The molecular formula is C25H28N4O3S2. The summed E-state index contributed by atoms with van der Waals surface area (Å²) in [7, 11) is 0. The molecule has 0 unspecified atom stereocenters. The fraction of sp³-hybridized carbons (Fsp3) is 0.440. The highest BCUT2D eigenvalue weighted by molar-refractivity contribution is 7.99. The smallest absolute Gasteiger partial charge is 0.263 e. The quantitative estimate of drug-likeness (QED) is 0.417. The van der Waals surface area contributed by atoms with E-state index in [4.69, 9.17) is 4.98 Å². The number of nitrogens with one attached hydrogen (secondary N) is 1. The molecule has 0 bridgehead atoms. The molecule has 0 atom stereocenters. The van der Waals surface area contributed by atoms with Gasteiger partial charge in [0.05, 0.1) is 24.2 Å². The highest BCUT2D eigenvalue weighted by Crippen LogP contribution is 2.34. The molecule has 3 heterocycles. The highest BCUT2D eigenvalue weighted by Gasteiger charge is 2.26. The summed E-state index contributed by atoms with van der Waals surface area (Å²) >= 11 is 2.81. The predicted molar refractivity (Wildman–Crippen MR) is 135 cm³/mol. The number of carbonyl (C=O) groups is 2. The van der Waals surface area contributed by atoms with Gasteiger partial charge in [0.2, 0.25) is 11.8 Å². The number of carbonyl (C=O) groups excluding carboxylic acids is 2. The summed E-state index contributed by atoms with van der Waals surface area (Å²) in [5.74, 6) is 0.258. The number of thioether (sulfide) groups is 1. The first kappa shape index (κ1) is 23.1. The second-order valence-electron chi connectivity index (χ2n) is 8.98. The maximum absolute atomic E-state index is 13.8. The number of thiophene rings is 1. The summed E-state index contributed by atoms with van der Waals surface area (Å²) in [6.45, 7) is 3.12. The minimum Gasteiger partial charge on any atom is -0.353 e. The van der Waals surface area contributed by atoms with Crippen LogP contribution in [0, 0.1) is 0 Å². The molecule has 7 nitrogen and oxygen atoms in total. The van der Waals surface area contributed by atoms with Gasteiger partial charge in [-0.2, -0.15) is 0 Å². The Morgan fingerprint density at radius 1 is 1.21 bits per heavy atom. The van der Waals surface area contributed by atoms with Crippen LogP contribution < -0.4 is 10.9 Å². The summed E-state index contributed by atoms with van der Waals surface area (Å²) in [5.41, 5.74) is 1.96. The molecule has 0 spiro atoms. The number of rotatable bonds is 6. The zero-order valence-corrected chi connectivity index (χ0v) is 20.8. The topological polar surface area (TPSA) is 84.3 Å². The molecule has 34 heavy (non-hydrogen) atoms. The Hall–Kier alpha value is -2.65. The molecule has 1 fully saturated rings. The molecule has 1 aliphatic carbocycles. The molecule has 2 aromatic heterocycles. The zero-order valence-electron chi connectivity index (χ0n) is 19.2. The normalized spacial score (nSPS) is 16.1. The summed E-state index contributed by atoms with van der Waals surface area (Å²) < 4.78 is 1.70. The van der Waals surface area contributed by atoms with E-state index in [1.165, 1.54) is 23.1 Å². The molecule has 1 saturated carbocycles. The maximum atomic E-state index is 13.8. The lowest BCUT2D eigenvalue weighted by molar-refractivity contribution is -0.129. The molecule has 2 aliphatic rings. The molecule has 3 aromatic rings. The minimum absolute atomic E-state index is 0.0138. The second-order valence-corrected chi connectivity index (χ2v) is 11.0. The number of hydrogen-bond acceptors (Lipinski definition) is 6. The molecule has 0 saturated heterocycles. The third kappa shape index (κ3) is 4.77. The van der Waals surface area contributed by atoms with Crippen LogP contribution in [0.2, 0.25) is 0 Å². The molecule has 1 aromatic carbocycles. The van der Waals surface area contributed by atoms with Crippen LogP contribution in [0.5, 0.6) is 0 Å². The maximum Gasteiger partial charge on any atom is 0.263 e. The van der Waals surface area contributed by atoms with Crippen molar-refractivity contribution in [2.75, 3.05) is 12.3 Å². The average Bonchev–Trinajstić information content (AvgIpc) is 3.47. The third-order valence-corrected chi connectivity index (χ3v) is 8.69. The van der Waals surface area contributed by atoms with E-state index in [1.54, 1.807) is 11.5 Å². The summed E-state index contributed by atoms with van der Waals surface area (Å²) in [4.78, 5) is 46.6. The number of aromatic nitrogens is 2. The van der Waals surface area contributed by atoms with E-state index in [9.17, 15) is 14.4 Å². The van der Waals surface area contributed by atoms with E-state index >= 15 is 0 Å². The molecule has 5 rings (SSSR count). The molecule has 9 heteroatoms. The van der Waals surface area contributed by atoms with Gasteiger partial charge in [-0.1, -0.05) is 54.9 Å². The van der Waals surface area contributed by atoms with E-state index in [1.807, 2.05) is 35.2 Å². The van der Waals surface area contributed by atoms with Gasteiger partial charge in [0, 0.05) is 24.4 Å². The van der Waals surface area contributed by atoms with Crippen molar-refractivity contribution >= 4 is 45.1 Å². The summed E-state index contributed by atoms with van der Waals surface area (Å²) in [6.07, 6.45) is 5.07. The van der Waals surface area contributed by atoms with Crippen molar-refractivity contribution in [3.8, 4) is 0 Å². The molecule has 2 amide bonds. The van der Waals surface area contributed by atoms with Crippen LogP contribution >= 0.6 is 23.1 Å². The van der Waals surface area contributed by atoms with Crippen molar-refractivity contribution < 1.29 is 9.59 Å². The molecule has 0 radical (unpaired) electrons. The van der Waals surface area contributed by atoms with E-state index in [-0.39, 0.29) is 29.2 Å². The Morgan fingerprint density at radius 2 is 1.97 bits per heavy atom. The Bertz CT molecular complexity index is 1280. The third-order valence-electron chi connectivity index (χ3n) is 6.61. The van der Waals surface area contributed by atoms with Crippen LogP contribution in [0.1, 0.15) is 48.6 Å². The fourth-order valence-corrected chi connectivity index (χ4v) is 6.90. The Kier molecular flexibility index (Phi) is 6.74. The largest absolute Gasteiger partial charge is 0.353 e. The van der Waals surface area contributed by atoms with Crippen LogP contribution in [0.15, 0.2) is 40.3 Å². The number of hydrogen-bond donors (Lipinski definition) is 1. The number of nitrogens with zero attached hydrogens (tertiary/aromatic N) is 3. The van der Waals surface area contributed by atoms with Crippen molar-refractivity contribution in [1.29, 1.82) is 0 Å². The van der Waals surface area contributed by atoms with Gasteiger partial charge in [-0.15, -0.1) is 11.3 Å². The molecular weight excluding hydrogens is 468 g/mol. The molecule has 1 aliphatic heterocycles. The van der Waals surface area contributed by atoms with E-state index in [2.05, 4.69) is 5.32 Å². The van der Waals surface area contributed by atoms with Crippen molar-refractivity contribution in [3.63, 3.8) is 0 Å².